The Morgan fingerprint density at radius 3 is 2.27 bits per heavy atom. The van der Waals surface area contributed by atoms with Gasteiger partial charge in [-0.25, -0.2) is 4.72 Å². The number of hydrogen-bond donors (Lipinski definition) is 2. The Labute approximate surface area is 92.2 Å². The molecule has 0 radical (unpaired) electrons. The first-order chi connectivity index (χ1) is 6.92. The molecule has 0 aliphatic heterocycles. The van der Waals surface area contributed by atoms with E-state index < -0.39 is 10.2 Å². The van der Waals surface area contributed by atoms with E-state index in [4.69, 9.17) is 5.73 Å². The highest BCUT2D eigenvalue weighted by Crippen LogP contribution is 2.22. The highest BCUT2D eigenvalue weighted by molar-refractivity contribution is 7.87. The predicted octanol–water partition coefficient (Wildman–Crippen LogP) is -0.100. The molecule has 1 fully saturated rings. The molecule has 0 amide bonds. The van der Waals surface area contributed by atoms with E-state index in [1.807, 2.05) is 0 Å². The zero-order valence-corrected chi connectivity index (χ0v) is 10.3. The van der Waals surface area contributed by atoms with E-state index in [-0.39, 0.29) is 0 Å². The largest absolute Gasteiger partial charge is 0.328 e. The van der Waals surface area contributed by atoms with E-state index in [2.05, 4.69) is 4.72 Å². The van der Waals surface area contributed by atoms with Gasteiger partial charge in [-0.05, 0) is 31.6 Å². The Morgan fingerprint density at radius 2 is 1.80 bits per heavy atom. The SMILES string of the molecule is CN(C)S(=O)(=O)NCC1CCC(N)CC1. The van der Waals surface area contributed by atoms with Crippen molar-refractivity contribution in [1.29, 1.82) is 0 Å². The summed E-state index contributed by atoms with van der Waals surface area (Å²) in [6.45, 7) is 0.535. The summed E-state index contributed by atoms with van der Waals surface area (Å²) in [6.07, 6.45) is 4.07. The normalized spacial score (nSPS) is 28.3. The van der Waals surface area contributed by atoms with Crippen LogP contribution in [0.1, 0.15) is 25.7 Å². The van der Waals surface area contributed by atoms with E-state index in [0.29, 0.717) is 18.5 Å². The molecule has 0 aromatic rings. The maximum atomic E-state index is 11.4. The molecule has 1 aliphatic rings. The molecule has 1 aliphatic carbocycles. The lowest BCUT2D eigenvalue weighted by atomic mass is 9.87. The summed E-state index contributed by atoms with van der Waals surface area (Å²) in [7, 11) is -0.205. The minimum atomic E-state index is -3.26. The summed E-state index contributed by atoms with van der Waals surface area (Å²) in [4.78, 5) is 0. The van der Waals surface area contributed by atoms with Gasteiger partial charge >= 0.3 is 0 Å². The summed E-state index contributed by atoms with van der Waals surface area (Å²) >= 11 is 0. The number of nitrogens with zero attached hydrogens (tertiary/aromatic N) is 1. The second kappa shape index (κ2) is 5.25. The Morgan fingerprint density at radius 1 is 1.27 bits per heavy atom. The van der Waals surface area contributed by atoms with Crippen LogP contribution in [-0.2, 0) is 10.2 Å². The van der Waals surface area contributed by atoms with E-state index in [9.17, 15) is 8.42 Å². The molecular weight excluding hydrogens is 214 g/mol. The molecule has 0 aromatic carbocycles. The van der Waals surface area contributed by atoms with Gasteiger partial charge in [-0.15, -0.1) is 0 Å². The third-order valence-electron chi connectivity index (χ3n) is 2.93. The minimum Gasteiger partial charge on any atom is -0.328 e. The van der Waals surface area contributed by atoms with Crippen LogP contribution in [0.3, 0.4) is 0 Å². The van der Waals surface area contributed by atoms with Gasteiger partial charge in [0.25, 0.3) is 10.2 Å². The standard InChI is InChI=1S/C9H21N3O2S/c1-12(2)15(13,14)11-7-8-3-5-9(10)6-4-8/h8-9,11H,3-7,10H2,1-2H3. The Balaban J connectivity index is 2.32. The Bertz CT molecular complexity index is 282. The van der Waals surface area contributed by atoms with Crippen molar-refractivity contribution in [1.82, 2.24) is 9.03 Å². The van der Waals surface area contributed by atoms with Crippen LogP contribution in [0.15, 0.2) is 0 Å². The van der Waals surface area contributed by atoms with Crippen molar-refractivity contribution in [2.24, 2.45) is 11.7 Å². The summed E-state index contributed by atoms with van der Waals surface area (Å²) in [5.74, 6) is 0.444. The second-order valence-electron chi connectivity index (χ2n) is 4.42. The zero-order valence-electron chi connectivity index (χ0n) is 9.44. The molecule has 1 saturated carbocycles. The van der Waals surface area contributed by atoms with Crippen molar-refractivity contribution in [3.05, 3.63) is 0 Å². The molecule has 0 heterocycles. The molecule has 1 rings (SSSR count). The van der Waals surface area contributed by atoms with Crippen LogP contribution in [0.4, 0.5) is 0 Å². The lowest BCUT2D eigenvalue weighted by Crippen LogP contribution is -2.39. The second-order valence-corrected chi connectivity index (χ2v) is 6.39. The average molecular weight is 235 g/mol. The van der Waals surface area contributed by atoms with E-state index in [0.717, 1.165) is 25.7 Å². The van der Waals surface area contributed by atoms with Gasteiger partial charge in [-0.2, -0.15) is 12.7 Å². The fourth-order valence-corrected chi connectivity index (χ4v) is 2.45. The topological polar surface area (TPSA) is 75.4 Å². The predicted molar refractivity (Wildman–Crippen MR) is 60.5 cm³/mol. The molecule has 0 spiro atoms. The van der Waals surface area contributed by atoms with Crippen molar-refractivity contribution < 1.29 is 8.42 Å². The van der Waals surface area contributed by atoms with Crippen LogP contribution in [0.5, 0.6) is 0 Å². The summed E-state index contributed by atoms with van der Waals surface area (Å²) in [5, 5.41) is 0. The highest BCUT2D eigenvalue weighted by Gasteiger charge is 2.21. The van der Waals surface area contributed by atoms with Crippen molar-refractivity contribution in [2.75, 3.05) is 20.6 Å². The minimum absolute atomic E-state index is 0.312. The molecule has 0 atom stereocenters. The van der Waals surface area contributed by atoms with Crippen LogP contribution in [0.25, 0.3) is 0 Å². The summed E-state index contributed by atoms with van der Waals surface area (Å²) in [5.41, 5.74) is 5.78. The van der Waals surface area contributed by atoms with Crippen molar-refractivity contribution in [2.45, 2.75) is 31.7 Å². The maximum Gasteiger partial charge on any atom is 0.278 e. The van der Waals surface area contributed by atoms with Gasteiger partial charge in [0.2, 0.25) is 0 Å². The van der Waals surface area contributed by atoms with Crippen LogP contribution in [0.2, 0.25) is 0 Å². The van der Waals surface area contributed by atoms with Gasteiger partial charge in [0, 0.05) is 26.7 Å². The van der Waals surface area contributed by atoms with Gasteiger partial charge in [0.1, 0.15) is 0 Å². The van der Waals surface area contributed by atoms with Gasteiger partial charge in [-0.1, -0.05) is 0 Å². The van der Waals surface area contributed by atoms with Crippen LogP contribution < -0.4 is 10.5 Å². The van der Waals surface area contributed by atoms with E-state index >= 15 is 0 Å². The number of rotatable bonds is 4. The Hall–Kier alpha value is -0.170. The third-order valence-corrected chi connectivity index (χ3v) is 4.42. The fourth-order valence-electron chi connectivity index (χ4n) is 1.74. The third kappa shape index (κ3) is 4.06. The Kier molecular flexibility index (Phi) is 4.51. The van der Waals surface area contributed by atoms with E-state index in [1.54, 1.807) is 0 Å². The summed E-state index contributed by atoms with van der Waals surface area (Å²) in [6, 6.07) is 0.312. The molecule has 3 N–H and O–H groups in total. The van der Waals surface area contributed by atoms with Crippen molar-refractivity contribution in [3.63, 3.8) is 0 Å². The van der Waals surface area contributed by atoms with Gasteiger partial charge in [0.05, 0.1) is 0 Å². The fraction of sp³-hybridized carbons (Fsp3) is 1.00. The molecule has 0 aromatic heterocycles. The van der Waals surface area contributed by atoms with E-state index in [1.165, 1.54) is 18.4 Å². The van der Waals surface area contributed by atoms with Gasteiger partial charge in [-0.3, -0.25) is 0 Å². The molecule has 5 nitrogen and oxygen atoms in total. The van der Waals surface area contributed by atoms with Crippen LogP contribution in [-0.4, -0.2) is 39.4 Å². The van der Waals surface area contributed by atoms with Crippen molar-refractivity contribution in [3.8, 4) is 0 Å². The smallest absolute Gasteiger partial charge is 0.278 e. The van der Waals surface area contributed by atoms with Gasteiger partial charge in [0.15, 0.2) is 0 Å². The van der Waals surface area contributed by atoms with Crippen LogP contribution >= 0.6 is 0 Å². The lowest BCUT2D eigenvalue weighted by molar-refractivity contribution is 0.324. The first-order valence-electron chi connectivity index (χ1n) is 5.34. The van der Waals surface area contributed by atoms with Crippen LogP contribution in [0, 0.1) is 5.92 Å². The zero-order chi connectivity index (χ0) is 11.5. The molecule has 15 heavy (non-hydrogen) atoms. The van der Waals surface area contributed by atoms with Crippen molar-refractivity contribution >= 4 is 10.2 Å². The lowest BCUT2D eigenvalue weighted by Gasteiger charge is -2.26. The molecule has 0 unspecified atom stereocenters. The molecule has 90 valence electrons. The quantitative estimate of drug-likeness (QED) is 0.714. The summed E-state index contributed by atoms with van der Waals surface area (Å²) < 4.78 is 26.7. The average Bonchev–Trinajstić information content (AvgIpc) is 2.17. The number of hydrogen-bond acceptors (Lipinski definition) is 3. The maximum absolute atomic E-state index is 11.4. The molecule has 0 saturated heterocycles. The first-order valence-corrected chi connectivity index (χ1v) is 6.78. The van der Waals surface area contributed by atoms with Gasteiger partial charge < -0.3 is 5.73 Å². The highest BCUT2D eigenvalue weighted by atomic mass is 32.2. The number of nitrogens with one attached hydrogen (secondary N) is 1. The monoisotopic (exact) mass is 235 g/mol. The molecule has 6 heteroatoms. The molecule has 0 bridgehead atoms. The first kappa shape index (κ1) is 12.9. The number of nitrogens with two attached hydrogens (primary N) is 1. The molecular formula is C9H21N3O2S.